The zero-order chi connectivity index (χ0) is 11.6. The number of hydrogen-bond acceptors (Lipinski definition) is 3. The molecule has 15 heavy (non-hydrogen) atoms. The molecule has 0 saturated heterocycles. The van der Waals surface area contributed by atoms with E-state index in [2.05, 4.69) is 4.98 Å². The summed E-state index contributed by atoms with van der Waals surface area (Å²) in [5.41, 5.74) is 6.07. The van der Waals surface area contributed by atoms with Gasteiger partial charge in [-0.15, -0.1) is 0 Å². The minimum absolute atomic E-state index is 0.108. The minimum Gasteiger partial charge on any atom is -0.369 e. The summed E-state index contributed by atoms with van der Waals surface area (Å²) in [5.74, 6) is 0.235. The van der Waals surface area contributed by atoms with Crippen LogP contribution in [0.2, 0.25) is 0 Å². The molecule has 0 fully saturated rings. The van der Waals surface area contributed by atoms with E-state index in [1.807, 2.05) is 20.9 Å². The molecule has 0 aliphatic rings. The van der Waals surface area contributed by atoms with Crippen LogP contribution in [0, 0.1) is 0 Å². The second kappa shape index (κ2) is 4.16. The first-order valence-corrected chi connectivity index (χ1v) is 4.89. The average Bonchev–Trinajstić information content (AvgIpc) is 2.61. The van der Waals surface area contributed by atoms with E-state index in [0.29, 0.717) is 11.0 Å². The number of nitrogen functional groups attached to an aromatic ring is 1. The van der Waals surface area contributed by atoms with Gasteiger partial charge in [-0.05, 0) is 6.07 Å². The van der Waals surface area contributed by atoms with Gasteiger partial charge in [0.25, 0.3) is 5.56 Å². The van der Waals surface area contributed by atoms with Gasteiger partial charge in [-0.3, -0.25) is 9.36 Å². The van der Waals surface area contributed by atoms with E-state index in [4.69, 9.17) is 5.73 Å². The molecule has 0 amide bonds. The largest absolute Gasteiger partial charge is 0.369 e. The lowest BCUT2D eigenvalue weighted by molar-refractivity contribution is 0.849. The van der Waals surface area contributed by atoms with Crippen LogP contribution in [-0.4, -0.2) is 14.1 Å². The van der Waals surface area contributed by atoms with E-state index in [9.17, 15) is 4.79 Å². The molecule has 0 saturated carbocycles. The van der Waals surface area contributed by atoms with E-state index < -0.39 is 0 Å². The van der Waals surface area contributed by atoms with Crippen LogP contribution in [0.25, 0.3) is 11.0 Å². The Morgan fingerprint density at radius 2 is 1.93 bits per heavy atom. The van der Waals surface area contributed by atoms with Crippen LogP contribution in [0.5, 0.6) is 0 Å². The van der Waals surface area contributed by atoms with Gasteiger partial charge in [0.05, 0.1) is 5.39 Å². The molecular weight excluding hydrogens is 192 g/mol. The summed E-state index contributed by atoms with van der Waals surface area (Å²) in [6.45, 7) is 4.00. The Bertz CT molecular complexity index is 524. The maximum atomic E-state index is 11.6. The molecule has 5 heteroatoms. The molecule has 5 nitrogen and oxygen atoms in total. The van der Waals surface area contributed by atoms with Crippen molar-refractivity contribution < 1.29 is 0 Å². The highest BCUT2D eigenvalue weighted by Crippen LogP contribution is 2.08. The second-order valence-corrected chi connectivity index (χ2v) is 3.00. The summed E-state index contributed by atoms with van der Waals surface area (Å²) in [4.78, 5) is 15.7. The first-order valence-electron chi connectivity index (χ1n) is 4.89. The Labute approximate surface area is 88.1 Å². The SMILES string of the molecule is CC.Cn1c(N)nc2c(ccn2C)c1=O. The Balaban J connectivity index is 0.000000531. The van der Waals surface area contributed by atoms with E-state index in [1.54, 1.807) is 23.9 Å². The van der Waals surface area contributed by atoms with Crippen LogP contribution in [0.1, 0.15) is 13.8 Å². The zero-order valence-corrected chi connectivity index (χ0v) is 9.48. The summed E-state index contributed by atoms with van der Waals surface area (Å²) >= 11 is 0. The molecule has 2 heterocycles. The zero-order valence-electron chi connectivity index (χ0n) is 9.48. The number of aryl methyl sites for hydroxylation is 1. The first-order chi connectivity index (χ1) is 7.11. The highest BCUT2D eigenvalue weighted by atomic mass is 16.1. The fourth-order valence-electron chi connectivity index (χ4n) is 1.30. The van der Waals surface area contributed by atoms with Crippen LogP contribution in [0.15, 0.2) is 17.1 Å². The van der Waals surface area contributed by atoms with Crippen molar-refractivity contribution >= 4 is 17.0 Å². The van der Waals surface area contributed by atoms with Crippen molar-refractivity contribution in [3.63, 3.8) is 0 Å². The van der Waals surface area contributed by atoms with Crippen molar-refractivity contribution in [2.75, 3.05) is 5.73 Å². The summed E-state index contributed by atoms with van der Waals surface area (Å²) in [6, 6.07) is 1.74. The van der Waals surface area contributed by atoms with E-state index in [-0.39, 0.29) is 11.5 Å². The lowest BCUT2D eigenvalue weighted by Crippen LogP contribution is -2.21. The summed E-state index contributed by atoms with van der Waals surface area (Å²) in [7, 11) is 3.44. The van der Waals surface area contributed by atoms with Crippen molar-refractivity contribution in [2.24, 2.45) is 14.1 Å². The Kier molecular flexibility index (Phi) is 3.14. The van der Waals surface area contributed by atoms with Gasteiger partial charge in [-0.25, -0.2) is 0 Å². The number of nitrogens with zero attached hydrogens (tertiary/aromatic N) is 3. The van der Waals surface area contributed by atoms with E-state index in [0.717, 1.165) is 0 Å². The number of nitrogens with two attached hydrogens (primary N) is 1. The third kappa shape index (κ3) is 1.72. The molecule has 2 aromatic heterocycles. The number of fused-ring (bicyclic) bond motifs is 1. The van der Waals surface area contributed by atoms with Crippen molar-refractivity contribution in [3.05, 3.63) is 22.6 Å². The number of aromatic nitrogens is 3. The van der Waals surface area contributed by atoms with Crippen LogP contribution in [-0.2, 0) is 14.1 Å². The summed E-state index contributed by atoms with van der Waals surface area (Å²) in [5, 5.41) is 0.596. The van der Waals surface area contributed by atoms with Crippen LogP contribution < -0.4 is 11.3 Å². The number of anilines is 1. The maximum Gasteiger partial charge on any atom is 0.264 e. The van der Waals surface area contributed by atoms with E-state index >= 15 is 0 Å². The molecular formula is C10H16N4O. The monoisotopic (exact) mass is 208 g/mol. The second-order valence-electron chi connectivity index (χ2n) is 3.00. The lowest BCUT2D eigenvalue weighted by atomic mass is 10.4. The molecule has 0 spiro atoms. The highest BCUT2D eigenvalue weighted by Gasteiger charge is 2.07. The van der Waals surface area contributed by atoms with Gasteiger partial charge in [-0.1, -0.05) is 13.8 Å². The molecule has 0 aliphatic heterocycles. The predicted octanol–water partition coefficient (Wildman–Crippen LogP) is 0.880. The molecule has 2 rings (SSSR count). The van der Waals surface area contributed by atoms with Gasteiger partial charge in [0.1, 0.15) is 5.65 Å². The molecule has 82 valence electrons. The molecule has 0 radical (unpaired) electrons. The molecule has 0 bridgehead atoms. The normalized spacial score (nSPS) is 9.87. The quantitative estimate of drug-likeness (QED) is 0.699. The van der Waals surface area contributed by atoms with Gasteiger partial charge < -0.3 is 10.3 Å². The summed E-state index contributed by atoms with van der Waals surface area (Å²) in [6.07, 6.45) is 1.79. The van der Waals surface area contributed by atoms with Crippen LogP contribution in [0.4, 0.5) is 5.95 Å². The standard InChI is InChI=1S/C8H10N4O.C2H6/c1-11-4-3-5-6(11)10-8(9)12(2)7(5)13;1-2/h3-4H,1-2H3,(H2,9,10);1-2H3. The Morgan fingerprint density at radius 1 is 1.33 bits per heavy atom. The van der Waals surface area contributed by atoms with Crippen molar-refractivity contribution in [3.8, 4) is 0 Å². The van der Waals surface area contributed by atoms with Crippen molar-refractivity contribution in [1.29, 1.82) is 0 Å². The summed E-state index contributed by atoms with van der Waals surface area (Å²) < 4.78 is 3.11. The van der Waals surface area contributed by atoms with Gasteiger partial charge in [0, 0.05) is 20.3 Å². The van der Waals surface area contributed by atoms with Gasteiger partial charge in [-0.2, -0.15) is 4.98 Å². The molecule has 0 atom stereocenters. The smallest absolute Gasteiger partial charge is 0.264 e. The fraction of sp³-hybridized carbons (Fsp3) is 0.400. The van der Waals surface area contributed by atoms with Gasteiger partial charge >= 0.3 is 0 Å². The van der Waals surface area contributed by atoms with E-state index in [1.165, 1.54) is 4.57 Å². The van der Waals surface area contributed by atoms with Gasteiger partial charge in [0.2, 0.25) is 5.95 Å². The number of rotatable bonds is 0. The van der Waals surface area contributed by atoms with Crippen LogP contribution in [0.3, 0.4) is 0 Å². The third-order valence-corrected chi connectivity index (χ3v) is 2.14. The topological polar surface area (TPSA) is 65.8 Å². The Morgan fingerprint density at radius 3 is 2.53 bits per heavy atom. The first kappa shape index (κ1) is 11.3. The van der Waals surface area contributed by atoms with Crippen molar-refractivity contribution in [1.82, 2.24) is 14.1 Å². The van der Waals surface area contributed by atoms with Crippen molar-refractivity contribution in [2.45, 2.75) is 13.8 Å². The molecule has 2 aromatic rings. The average molecular weight is 208 g/mol. The Hall–Kier alpha value is -1.78. The maximum absolute atomic E-state index is 11.6. The number of hydrogen-bond donors (Lipinski definition) is 1. The molecule has 0 aromatic carbocycles. The molecule has 2 N–H and O–H groups in total. The molecule has 0 aliphatic carbocycles. The third-order valence-electron chi connectivity index (χ3n) is 2.14. The highest BCUT2D eigenvalue weighted by molar-refractivity contribution is 5.75. The predicted molar refractivity (Wildman–Crippen MR) is 61.7 cm³/mol. The minimum atomic E-state index is -0.108. The van der Waals surface area contributed by atoms with Crippen LogP contribution >= 0.6 is 0 Å². The lowest BCUT2D eigenvalue weighted by Gasteiger charge is -2.02. The van der Waals surface area contributed by atoms with Gasteiger partial charge in [0.15, 0.2) is 0 Å². The molecule has 0 unspecified atom stereocenters. The fourth-order valence-corrected chi connectivity index (χ4v) is 1.30.